The van der Waals surface area contributed by atoms with Gasteiger partial charge in [-0.25, -0.2) is 4.98 Å². The Morgan fingerprint density at radius 1 is 1.34 bits per heavy atom. The highest BCUT2D eigenvalue weighted by molar-refractivity contribution is 6.38. The molecule has 2 aromatic heterocycles. The average Bonchev–Trinajstić information content (AvgIpc) is 3.36. The topological polar surface area (TPSA) is 91.3 Å². The molecule has 0 spiro atoms. The molecule has 0 amide bonds. The molecule has 1 atom stereocenters. The highest BCUT2D eigenvalue weighted by Gasteiger charge is 2.27. The second-order valence-corrected chi connectivity index (χ2v) is 7.85. The zero-order chi connectivity index (χ0) is 20.4. The number of hydrogen-bond donors (Lipinski definition) is 2. The van der Waals surface area contributed by atoms with Crippen LogP contribution < -0.4 is 4.90 Å². The molecule has 0 saturated carbocycles. The van der Waals surface area contributed by atoms with E-state index in [1.165, 1.54) is 0 Å². The summed E-state index contributed by atoms with van der Waals surface area (Å²) in [6, 6.07) is 5.71. The van der Waals surface area contributed by atoms with Gasteiger partial charge in [-0.1, -0.05) is 23.2 Å². The standard InChI is InChI=1S/C20H20Cl2N4O3/c21-13-6-16-15(12-9-23-24-10-12)8-18(25-20(16)17(22)7-13)26-4-1-2-14(26)11-29-5-3-19(27)28/h6-10,14H,1-5,11H2,(H,23,24)(H,27,28)/t14-/m0/s1. The minimum absolute atomic E-state index is 0.00193. The number of halogens is 2. The molecule has 0 radical (unpaired) electrons. The fourth-order valence-electron chi connectivity index (χ4n) is 3.71. The average molecular weight is 435 g/mol. The zero-order valence-corrected chi connectivity index (χ0v) is 17.1. The van der Waals surface area contributed by atoms with E-state index >= 15 is 0 Å². The Bertz CT molecular complexity index is 1030. The van der Waals surface area contributed by atoms with Gasteiger partial charge in [-0.2, -0.15) is 5.10 Å². The second kappa shape index (κ2) is 8.57. The lowest BCUT2D eigenvalue weighted by atomic mass is 10.0. The number of benzene rings is 1. The molecule has 9 heteroatoms. The number of carbonyl (C=O) groups is 1. The van der Waals surface area contributed by atoms with Crippen molar-refractivity contribution in [2.24, 2.45) is 0 Å². The Morgan fingerprint density at radius 2 is 2.21 bits per heavy atom. The van der Waals surface area contributed by atoms with Crippen molar-refractivity contribution in [3.63, 3.8) is 0 Å². The molecule has 1 saturated heterocycles. The SMILES string of the molecule is O=C(O)CCOC[C@@H]1CCCN1c1cc(-c2cn[nH]c2)c2cc(Cl)cc(Cl)c2n1. The summed E-state index contributed by atoms with van der Waals surface area (Å²) >= 11 is 12.7. The number of aromatic nitrogens is 3. The highest BCUT2D eigenvalue weighted by Crippen LogP contribution is 2.37. The number of H-pyrrole nitrogens is 1. The van der Waals surface area contributed by atoms with Crippen molar-refractivity contribution < 1.29 is 14.6 Å². The number of carboxylic acids is 1. The van der Waals surface area contributed by atoms with Gasteiger partial charge in [0.1, 0.15) is 5.82 Å². The summed E-state index contributed by atoms with van der Waals surface area (Å²) in [7, 11) is 0. The van der Waals surface area contributed by atoms with Crippen LogP contribution in [0.3, 0.4) is 0 Å². The molecule has 2 N–H and O–H groups in total. The monoisotopic (exact) mass is 434 g/mol. The van der Waals surface area contributed by atoms with Crippen LogP contribution in [0.2, 0.25) is 10.0 Å². The summed E-state index contributed by atoms with van der Waals surface area (Å²) < 4.78 is 5.60. The maximum Gasteiger partial charge on any atom is 0.305 e. The molecular weight excluding hydrogens is 415 g/mol. The molecule has 1 aliphatic rings. The number of fused-ring (bicyclic) bond motifs is 1. The van der Waals surface area contributed by atoms with Gasteiger partial charge in [0.2, 0.25) is 0 Å². The van der Waals surface area contributed by atoms with E-state index in [9.17, 15) is 4.79 Å². The number of rotatable bonds is 7. The van der Waals surface area contributed by atoms with Crippen LogP contribution in [0.15, 0.2) is 30.6 Å². The summed E-state index contributed by atoms with van der Waals surface area (Å²) in [6.07, 6.45) is 5.56. The molecule has 3 aromatic rings. The third kappa shape index (κ3) is 4.32. The van der Waals surface area contributed by atoms with Gasteiger partial charge in [0.25, 0.3) is 0 Å². The number of carboxylic acid groups (broad SMARTS) is 1. The van der Waals surface area contributed by atoms with Gasteiger partial charge in [0.15, 0.2) is 0 Å². The number of aliphatic carboxylic acids is 1. The maximum atomic E-state index is 10.7. The molecule has 29 heavy (non-hydrogen) atoms. The minimum Gasteiger partial charge on any atom is -0.481 e. The molecule has 152 valence electrons. The molecule has 0 bridgehead atoms. The van der Waals surface area contributed by atoms with Crippen LogP contribution in [0.1, 0.15) is 19.3 Å². The van der Waals surface area contributed by atoms with Gasteiger partial charge in [-0.15, -0.1) is 0 Å². The van der Waals surface area contributed by atoms with Crippen molar-refractivity contribution in [2.45, 2.75) is 25.3 Å². The molecule has 1 aliphatic heterocycles. The van der Waals surface area contributed by atoms with E-state index in [4.69, 9.17) is 38.0 Å². The number of hydrogen-bond acceptors (Lipinski definition) is 5. The van der Waals surface area contributed by atoms with Crippen LogP contribution in [0.5, 0.6) is 0 Å². The molecule has 3 heterocycles. The third-order valence-electron chi connectivity index (χ3n) is 5.07. The van der Waals surface area contributed by atoms with Crippen LogP contribution in [0.4, 0.5) is 5.82 Å². The second-order valence-electron chi connectivity index (χ2n) is 7.01. The van der Waals surface area contributed by atoms with Crippen LogP contribution in [0, 0.1) is 0 Å². The molecule has 0 aliphatic carbocycles. The maximum absolute atomic E-state index is 10.7. The molecule has 1 fully saturated rings. The smallest absolute Gasteiger partial charge is 0.305 e. The summed E-state index contributed by atoms with van der Waals surface area (Å²) in [4.78, 5) is 17.7. The van der Waals surface area contributed by atoms with Gasteiger partial charge >= 0.3 is 5.97 Å². The lowest BCUT2D eigenvalue weighted by molar-refractivity contribution is -0.138. The Labute approximate surface area is 177 Å². The van der Waals surface area contributed by atoms with Gasteiger partial charge in [0, 0.05) is 28.7 Å². The van der Waals surface area contributed by atoms with E-state index in [1.807, 2.05) is 18.3 Å². The van der Waals surface area contributed by atoms with Crippen molar-refractivity contribution in [1.82, 2.24) is 15.2 Å². The highest BCUT2D eigenvalue weighted by atomic mass is 35.5. The number of nitrogens with one attached hydrogen (secondary N) is 1. The largest absolute Gasteiger partial charge is 0.481 e. The van der Waals surface area contributed by atoms with E-state index in [2.05, 4.69) is 15.1 Å². The van der Waals surface area contributed by atoms with E-state index in [1.54, 1.807) is 12.3 Å². The van der Waals surface area contributed by atoms with E-state index in [0.29, 0.717) is 22.2 Å². The fourth-order valence-corrected chi connectivity index (χ4v) is 4.25. The summed E-state index contributed by atoms with van der Waals surface area (Å²) in [5.41, 5.74) is 2.55. The van der Waals surface area contributed by atoms with Crippen molar-refractivity contribution in [2.75, 3.05) is 24.7 Å². The number of aromatic amines is 1. The number of nitrogens with zero attached hydrogens (tertiary/aromatic N) is 3. The molecule has 4 rings (SSSR count). The Hall–Kier alpha value is -2.35. The van der Waals surface area contributed by atoms with E-state index in [0.717, 1.165) is 41.7 Å². The first-order chi connectivity index (χ1) is 14.0. The minimum atomic E-state index is -0.859. The lowest BCUT2D eigenvalue weighted by Crippen LogP contribution is -2.34. The Kier molecular flexibility index (Phi) is 5.89. The summed E-state index contributed by atoms with van der Waals surface area (Å²) in [5, 5.41) is 17.6. The van der Waals surface area contributed by atoms with E-state index in [-0.39, 0.29) is 19.1 Å². The first-order valence-electron chi connectivity index (χ1n) is 9.38. The molecule has 1 aromatic carbocycles. The quantitative estimate of drug-likeness (QED) is 0.535. The zero-order valence-electron chi connectivity index (χ0n) is 15.6. The van der Waals surface area contributed by atoms with Gasteiger partial charge < -0.3 is 14.7 Å². The van der Waals surface area contributed by atoms with Crippen LogP contribution in [-0.2, 0) is 9.53 Å². The Balaban J connectivity index is 1.69. The summed E-state index contributed by atoms with van der Waals surface area (Å²) in [6.45, 7) is 1.51. The molecule has 0 unspecified atom stereocenters. The molecular formula is C20H20Cl2N4O3. The van der Waals surface area contributed by atoms with E-state index < -0.39 is 5.97 Å². The van der Waals surface area contributed by atoms with Gasteiger partial charge in [0.05, 0.1) is 42.4 Å². The summed E-state index contributed by atoms with van der Waals surface area (Å²) in [5.74, 6) is -0.0511. The van der Waals surface area contributed by atoms with Crippen LogP contribution in [0.25, 0.3) is 22.0 Å². The van der Waals surface area contributed by atoms with Crippen molar-refractivity contribution in [1.29, 1.82) is 0 Å². The number of pyridine rings is 1. The number of anilines is 1. The van der Waals surface area contributed by atoms with Crippen LogP contribution in [-0.4, -0.2) is 52.1 Å². The third-order valence-corrected chi connectivity index (χ3v) is 5.58. The first-order valence-corrected chi connectivity index (χ1v) is 10.1. The van der Waals surface area contributed by atoms with Crippen LogP contribution >= 0.6 is 23.2 Å². The van der Waals surface area contributed by atoms with Crippen molar-refractivity contribution in [3.05, 3.63) is 40.6 Å². The lowest BCUT2D eigenvalue weighted by Gasteiger charge is -2.26. The fraction of sp³-hybridized carbons (Fsp3) is 0.350. The normalized spacial score (nSPS) is 16.6. The Morgan fingerprint density at radius 3 is 2.97 bits per heavy atom. The predicted molar refractivity (Wildman–Crippen MR) is 113 cm³/mol. The van der Waals surface area contributed by atoms with Gasteiger partial charge in [-0.05, 0) is 36.6 Å². The van der Waals surface area contributed by atoms with Crippen molar-refractivity contribution in [3.8, 4) is 11.1 Å². The van der Waals surface area contributed by atoms with Gasteiger partial charge in [-0.3, -0.25) is 9.89 Å². The van der Waals surface area contributed by atoms with Crippen molar-refractivity contribution >= 4 is 45.9 Å². The predicted octanol–water partition coefficient (Wildman–Crippen LogP) is 4.39. The first kappa shape index (κ1) is 19.9. The number of ether oxygens (including phenoxy) is 1. The molecule has 7 nitrogen and oxygen atoms in total.